The molecule has 0 aromatic heterocycles. The molecule has 2 aromatic carbocycles. The number of quaternary nitrogens is 1. The molecule has 0 radical (unpaired) electrons. The van der Waals surface area contributed by atoms with E-state index in [4.69, 9.17) is 11.6 Å². The zero-order valence-electron chi connectivity index (χ0n) is 14.6. The minimum Gasteiger partial charge on any atom is -0.323 e. The van der Waals surface area contributed by atoms with Crippen LogP contribution in [-0.4, -0.2) is 31.4 Å². The summed E-state index contributed by atoms with van der Waals surface area (Å²) >= 11 is 6.09. The lowest BCUT2D eigenvalue weighted by molar-refractivity contribution is -0.908. The standard InChI is InChI=1S/C19H19ClFN3O2/c1-12(23(2)10-13-14(20)6-5-7-15(13)21)19(26)24-11-18(25)22-16-8-3-4-9-17(16)24/h3-9,12H,10-11H2,1-2H3,(H,22,25)/p+1/t12-/m1/s1. The first-order chi connectivity index (χ1) is 12.4. The lowest BCUT2D eigenvalue weighted by Crippen LogP contribution is -3.12. The van der Waals surface area contributed by atoms with Crippen molar-refractivity contribution in [3.05, 3.63) is 58.9 Å². The fourth-order valence-electron chi connectivity index (χ4n) is 3.01. The van der Waals surface area contributed by atoms with Gasteiger partial charge in [0.2, 0.25) is 5.91 Å². The molecule has 1 heterocycles. The highest BCUT2D eigenvalue weighted by Crippen LogP contribution is 2.29. The molecule has 0 saturated carbocycles. The monoisotopic (exact) mass is 376 g/mol. The van der Waals surface area contributed by atoms with E-state index in [0.29, 0.717) is 22.0 Å². The number of rotatable bonds is 4. The van der Waals surface area contributed by atoms with Gasteiger partial charge in [0, 0.05) is 0 Å². The molecule has 7 heteroatoms. The Morgan fingerprint density at radius 1 is 1.31 bits per heavy atom. The molecule has 2 atom stereocenters. The smallest absolute Gasteiger partial charge is 0.285 e. The fourth-order valence-corrected chi connectivity index (χ4v) is 3.24. The largest absolute Gasteiger partial charge is 0.323 e. The minimum atomic E-state index is -0.482. The van der Waals surface area contributed by atoms with E-state index in [-0.39, 0.29) is 30.7 Å². The Balaban J connectivity index is 1.80. The van der Waals surface area contributed by atoms with E-state index in [1.54, 1.807) is 44.3 Å². The number of carbonyl (C=O) groups excluding carboxylic acids is 2. The predicted molar refractivity (Wildman–Crippen MR) is 98.9 cm³/mol. The van der Waals surface area contributed by atoms with E-state index in [2.05, 4.69) is 5.32 Å². The second-order valence-electron chi connectivity index (χ2n) is 6.43. The van der Waals surface area contributed by atoms with Gasteiger partial charge in [-0.2, -0.15) is 0 Å². The highest BCUT2D eigenvalue weighted by atomic mass is 35.5. The first kappa shape index (κ1) is 18.4. The van der Waals surface area contributed by atoms with Crippen LogP contribution in [0.4, 0.5) is 15.8 Å². The Morgan fingerprint density at radius 2 is 2.04 bits per heavy atom. The maximum Gasteiger partial charge on any atom is 0.285 e. The highest BCUT2D eigenvalue weighted by Gasteiger charge is 2.33. The number of carbonyl (C=O) groups is 2. The van der Waals surface area contributed by atoms with E-state index in [9.17, 15) is 14.0 Å². The highest BCUT2D eigenvalue weighted by molar-refractivity contribution is 6.31. The summed E-state index contributed by atoms with van der Waals surface area (Å²) in [6.45, 7) is 2.00. The third-order valence-electron chi connectivity index (χ3n) is 4.66. The summed E-state index contributed by atoms with van der Waals surface area (Å²) in [5.74, 6) is -0.824. The molecule has 5 nitrogen and oxygen atoms in total. The summed E-state index contributed by atoms with van der Waals surface area (Å²) in [5, 5.41) is 3.10. The van der Waals surface area contributed by atoms with Crippen LogP contribution in [0.15, 0.2) is 42.5 Å². The lowest BCUT2D eigenvalue weighted by Gasteiger charge is -2.32. The van der Waals surface area contributed by atoms with E-state index in [1.807, 2.05) is 6.07 Å². The van der Waals surface area contributed by atoms with E-state index in [1.165, 1.54) is 11.0 Å². The van der Waals surface area contributed by atoms with Gasteiger partial charge in [0.1, 0.15) is 18.9 Å². The van der Waals surface area contributed by atoms with Gasteiger partial charge in [-0.25, -0.2) is 4.39 Å². The van der Waals surface area contributed by atoms with Crippen LogP contribution in [0.5, 0.6) is 0 Å². The summed E-state index contributed by atoms with van der Waals surface area (Å²) in [6, 6.07) is 11.2. The minimum absolute atomic E-state index is 0.0338. The number of amides is 2. The van der Waals surface area contributed by atoms with Gasteiger partial charge in [0.05, 0.1) is 29.0 Å². The van der Waals surface area contributed by atoms with Gasteiger partial charge >= 0.3 is 0 Å². The third-order valence-corrected chi connectivity index (χ3v) is 5.02. The van der Waals surface area contributed by atoms with Gasteiger partial charge in [-0.05, 0) is 31.2 Å². The summed E-state index contributed by atoms with van der Waals surface area (Å²) in [4.78, 5) is 27.2. The molecule has 0 bridgehead atoms. The lowest BCUT2D eigenvalue weighted by atomic mass is 10.1. The summed E-state index contributed by atoms with van der Waals surface area (Å²) in [7, 11) is 1.81. The van der Waals surface area contributed by atoms with Gasteiger partial charge in [-0.1, -0.05) is 29.8 Å². The number of hydrogen-bond acceptors (Lipinski definition) is 2. The van der Waals surface area contributed by atoms with Crippen molar-refractivity contribution in [3.63, 3.8) is 0 Å². The Hall–Kier alpha value is -2.44. The molecule has 3 rings (SSSR count). The van der Waals surface area contributed by atoms with Crippen LogP contribution in [0.1, 0.15) is 12.5 Å². The molecule has 2 amide bonds. The second kappa shape index (κ2) is 7.43. The number of fused-ring (bicyclic) bond motifs is 1. The van der Waals surface area contributed by atoms with Crippen LogP contribution in [0.3, 0.4) is 0 Å². The van der Waals surface area contributed by atoms with Crippen molar-refractivity contribution >= 4 is 34.8 Å². The zero-order chi connectivity index (χ0) is 18.8. The second-order valence-corrected chi connectivity index (χ2v) is 6.84. The predicted octanol–water partition coefficient (Wildman–Crippen LogP) is 1.87. The molecule has 0 spiro atoms. The molecule has 1 aliphatic rings. The number of likely N-dealkylation sites (N-methyl/N-ethyl adjacent to an activating group) is 1. The number of nitrogens with zero attached hydrogens (tertiary/aromatic N) is 1. The fraction of sp³-hybridized carbons (Fsp3) is 0.263. The molecular formula is C19H20ClFN3O2+. The van der Waals surface area contributed by atoms with Gasteiger partial charge in [-0.3, -0.25) is 14.5 Å². The van der Waals surface area contributed by atoms with Crippen molar-refractivity contribution in [1.82, 2.24) is 0 Å². The quantitative estimate of drug-likeness (QED) is 0.856. The maximum atomic E-state index is 14.0. The van der Waals surface area contributed by atoms with Gasteiger partial charge < -0.3 is 10.2 Å². The number of nitrogens with one attached hydrogen (secondary N) is 2. The number of para-hydroxylation sites is 2. The Kier molecular flexibility index (Phi) is 5.25. The van der Waals surface area contributed by atoms with Crippen molar-refractivity contribution in [2.24, 2.45) is 0 Å². The van der Waals surface area contributed by atoms with E-state index in [0.717, 1.165) is 4.90 Å². The van der Waals surface area contributed by atoms with Crippen LogP contribution >= 0.6 is 11.6 Å². The van der Waals surface area contributed by atoms with E-state index < -0.39 is 6.04 Å². The van der Waals surface area contributed by atoms with Crippen molar-refractivity contribution in [2.75, 3.05) is 23.8 Å². The summed E-state index contributed by atoms with van der Waals surface area (Å²) in [6.07, 6.45) is 0. The molecule has 136 valence electrons. The average Bonchev–Trinajstić information content (AvgIpc) is 2.62. The normalized spacial score (nSPS) is 15.8. The molecule has 26 heavy (non-hydrogen) atoms. The Bertz CT molecular complexity index is 838. The summed E-state index contributed by atoms with van der Waals surface area (Å²) < 4.78 is 14.0. The molecule has 2 N–H and O–H groups in total. The number of halogens is 2. The van der Waals surface area contributed by atoms with Crippen LogP contribution in [-0.2, 0) is 16.1 Å². The van der Waals surface area contributed by atoms with E-state index >= 15 is 0 Å². The Labute approximate surface area is 156 Å². The topological polar surface area (TPSA) is 53.9 Å². The number of benzene rings is 2. The van der Waals surface area contributed by atoms with Crippen LogP contribution in [0.2, 0.25) is 5.02 Å². The number of anilines is 2. The maximum absolute atomic E-state index is 14.0. The number of hydrogen-bond donors (Lipinski definition) is 2. The first-order valence-electron chi connectivity index (χ1n) is 8.34. The molecule has 2 aromatic rings. The first-order valence-corrected chi connectivity index (χ1v) is 8.71. The van der Waals surface area contributed by atoms with Crippen LogP contribution < -0.4 is 15.1 Å². The Morgan fingerprint density at radius 3 is 2.77 bits per heavy atom. The van der Waals surface area contributed by atoms with Crippen LogP contribution in [0.25, 0.3) is 0 Å². The van der Waals surface area contributed by atoms with Gasteiger partial charge in [-0.15, -0.1) is 0 Å². The van der Waals surface area contributed by atoms with Crippen molar-refractivity contribution in [2.45, 2.75) is 19.5 Å². The van der Waals surface area contributed by atoms with Crippen molar-refractivity contribution in [1.29, 1.82) is 0 Å². The molecule has 0 saturated heterocycles. The molecule has 0 fully saturated rings. The third kappa shape index (κ3) is 3.57. The molecule has 1 aliphatic heterocycles. The van der Waals surface area contributed by atoms with Gasteiger partial charge in [0.25, 0.3) is 5.91 Å². The average molecular weight is 377 g/mol. The zero-order valence-corrected chi connectivity index (χ0v) is 15.3. The summed E-state index contributed by atoms with van der Waals surface area (Å²) in [5.41, 5.74) is 1.66. The SMILES string of the molecule is C[C@H](C(=O)N1CC(=O)Nc2ccccc21)[NH+](C)Cc1c(F)cccc1Cl. The molecule has 0 aliphatic carbocycles. The molecule has 1 unspecified atom stereocenters. The van der Waals surface area contributed by atoms with Crippen molar-refractivity contribution < 1.29 is 18.9 Å². The van der Waals surface area contributed by atoms with Crippen LogP contribution in [0, 0.1) is 5.82 Å². The molecular weight excluding hydrogens is 357 g/mol. The van der Waals surface area contributed by atoms with Gasteiger partial charge in [0.15, 0.2) is 6.04 Å². The van der Waals surface area contributed by atoms with Crippen molar-refractivity contribution in [3.8, 4) is 0 Å².